The van der Waals surface area contributed by atoms with Gasteiger partial charge in [-0.25, -0.2) is 4.79 Å². The number of fused-ring (bicyclic) bond motifs is 5. The lowest BCUT2D eigenvalue weighted by molar-refractivity contribution is -0.159. The number of hydrogen-bond acceptors (Lipinski definition) is 8. The third-order valence-electron chi connectivity index (χ3n) is 10.8. The first kappa shape index (κ1) is 30.3. The Balaban J connectivity index is 1.42. The number of aryl methyl sites for hydroxylation is 1. The number of esters is 4. The van der Waals surface area contributed by atoms with Crippen LogP contribution in [-0.2, 0) is 39.8 Å². The molecule has 0 N–H and O–H groups in total. The molecule has 0 bridgehead atoms. The van der Waals surface area contributed by atoms with Crippen molar-refractivity contribution in [1.82, 2.24) is 0 Å². The lowest BCUT2D eigenvalue weighted by Gasteiger charge is -2.53. The Kier molecular flexibility index (Phi) is 8.55. The van der Waals surface area contributed by atoms with Gasteiger partial charge in [0, 0.05) is 38.7 Å². The molecule has 1 aliphatic heterocycles. The van der Waals surface area contributed by atoms with E-state index in [9.17, 15) is 19.2 Å². The Morgan fingerprint density at radius 3 is 2.40 bits per heavy atom. The fourth-order valence-corrected chi connectivity index (χ4v) is 8.98. The van der Waals surface area contributed by atoms with Crippen molar-refractivity contribution in [1.29, 1.82) is 0 Å². The average Bonchev–Trinajstić information content (AvgIpc) is 3.26. The molecule has 42 heavy (non-hydrogen) atoms. The molecule has 8 heteroatoms. The Morgan fingerprint density at radius 1 is 1.00 bits per heavy atom. The molecular formula is C34H44O8. The average molecular weight is 581 g/mol. The monoisotopic (exact) mass is 580 g/mol. The molecule has 0 spiro atoms. The predicted molar refractivity (Wildman–Crippen MR) is 155 cm³/mol. The van der Waals surface area contributed by atoms with Crippen LogP contribution < -0.4 is 4.74 Å². The number of benzene rings is 1. The van der Waals surface area contributed by atoms with E-state index in [0.717, 1.165) is 44.1 Å². The topological polar surface area (TPSA) is 105 Å². The van der Waals surface area contributed by atoms with Gasteiger partial charge in [-0.3, -0.25) is 14.4 Å². The van der Waals surface area contributed by atoms with Crippen LogP contribution in [0.2, 0.25) is 0 Å². The number of ether oxygens (including phenoxy) is 4. The van der Waals surface area contributed by atoms with E-state index in [1.165, 1.54) is 37.5 Å². The van der Waals surface area contributed by atoms with Gasteiger partial charge in [-0.05, 0) is 98.7 Å². The van der Waals surface area contributed by atoms with Crippen molar-refractivity contribution in [2.75, 3.05) is 13.2 Å². The Hall–Kier alpha value is -3.16. The first-order chi connectivity index (χ1) is 19.9. The Morgan fingerprint density at radius 2 is 1.74 bits per heavy atom. The maximum absolute atomic E-state index is 13.1. The summed E-state index contributed by atoms with van der Waals surface area (Å²) in [5.74, 6) is 0.536. The van der Waals surface area contributed by atoms with Crippen LogP contribution in [0.15, 0.2) is 23.3 Å². The van der Waals surface area contributed by atoms with Crippen molar-refractivity contribution in [3.63, 3.8) is 0 Å². The van der Waals surface area contributed by atoms with E-state index >= 15 is 0 Å². The molecular weight excluding hydrogens is 536 g/mol. The number of cyclic esters (lactones) is 1. The van der Waals surface area contributed by atoms with E-state index in [2.05, 4.69) is 19.9 Å². The summed E-state index contributed by atoms with van der Waals surface area (Å²) in [5, 5.41) is 0. The van der Waals surface area contributed by atoms with Gasteiger partial charge in [0.1, 0.15) is 18.5 Å². The minimum Gasteiger partial charge on any atom is -0.465 e. The van der Waals surface area contributed by atoms with E-state index in [4.69, 9.17) is 18.9 Å². The van der Waals surface area contributed by atoms with Crippen molar-refractivity contribution in [3.05, 3.63) is 40.0 Å². The molecule has 0 amide bonds. The van der Waals surface area contributed by atoms with Crippen LogP contribution in [0.5, 0.6) is 5.75 Å². The highest BCUT2D eigenvalue weighted by Gasteiger charge is 2.58. The summed E-state index contributed by atoms with van der Waals surface area (Å²) in [6.07, 6.45) is 6.22. The maximum atomic E-state index is 13.1. The molecule has 4 aliphatic rings. The van der Waals surface area contributed by atoms with Crippen LogP contribution in [0.3, 0.4) is 0 Å². The summed E-state index contributed by atoms with van der Waals surface area (Å²) in [5.41, 5.74) is 5.06. The highest BCUT2D eigenvalue weighted by molar-refractivity contribution is 5.91. The van der Waals surface area contributed by atoms with E-state index in [-0.39, 0.29) is 42.4 Å². The van der Waals surface area contributed by atoms with Gasteiger partial charge in [-0.1, -0.05) is 18.6 Å². The van der Waals surface area contributed by atoms with Crippen LogP contribution in [0.4, 0.5) is 0 Å². The summed E-state index contributed by atoms with van der Waals surface area (Å²) in [6.45, 7) is 10.7. The normalized spacial score (nSPS) is 30.8. The van der Waals surface area contributed by atoms with E-state index in [1.54, 1.807) is 0 Å². The van der Waals surface area contributed by atoms with Crippen molar-refractivity contribution in [2.45, 2.75) is 98.5 Å². The summed E-state index contributed by atoms with van der Waals surface area (Å²) < 4.78 is 22.5. The van der Waals surface area contributed by atoms with Gasteiger partial charge >= 0.3 is 23.9 Å². The van der Waals surface area contributed by atoms with Crippen molar-refractivity contribution in [3.8, 4) is 5.75 Å². The smallest absolute Gasteiger partial charge is 0.337 e. The molecule has 0 radical (unpaired) electrons. The van der Waals surface area contributed by atoms with Gasteiger partial charge in [0.25, 0.3) is 0 Å². The summed E-state index contributed by atoms with van der Waals surface area (Å²) >= 11 is 0. The molecule has 5 rings (SSSR count). The molecule has 2 fully saturated rings. The first-order valence-electron chi connectivity index (χ1n) is 15.4. The fraction of sp³-hybridized carbons (Fsp3) is 0.647. The van der Waals surface area contributed by atoms with Gasteiger partial charge in [-0.2, -0.15) is 0 Å². The van der Waals surface area contributed by atoms with E-state index in [0.29, 0.717) is 35.5 Å². The highest BCUT2D eigenvalue weighted by atomic mass is 16.6. The second-order valence-corrected chi connectivity index (χ2v) is 13.2. The van der Waals surface area contributed by atoms with Gasteiger partial charge in [0.05, 0.1) is 12.2 Å². The minimum absolute atomic E-state index is 0.00302. The van der Waals surface area contributed by atoms with Crippen LogP contribution in [0, 0.1) is 36.0 Å². The molecule has 228 valence electrons. The molecule has 1 aromatic carbocycles. The van der Waals surface area contributed by atoms with Crippen molar-refractivity contribution in [2.24, 2.45) is 29.1 Å². The maximum Gasteiger partial charge on any atom is 0.337 e. The van der Waals surface area contributed by atoms with Crippen molar-refractivity contribution < 1.29 is 38.1 Å². The molecule has 0 aromatic heterocycles. The second-order valence-electron chi connectivity index (χ2n) is 13.2. The number of hydrogen-bond donors (Lipinski definition) is 0. The predicted octanol–water partition coefficient (Wildman–Crippen LogP) is 5.77. The molecule has 0 unspecified atom stereocenters. The number of carbonyl (C=O) groups is 4. The van der Waals surface area contributed by atoms with Crippen LogP contribution in [-0.4, -0.2) is 43.2 Å². The van der Waals surface area contributed by atoms with Crippen LogP contribution in [0.25, 0.3) is 0 Å². The third-order valence-corrected chi connectivity index (χ3v) is 10.8. The molecule has 8 nitrogen and oxygen atoms in total. The summed E-state index contributed by atoms with van der Waals surface area (Å²) in [6, 6.07) is 4.02. The second kappa shape index (κ2) is 11.8. The quantitative estimate of drug-likeness (QED) is 0.228. The molecule has 1 heterocycles. The summed E-state index contributed by atoms with van der Waals surface area (Å²) in [4.78, 5) is 48.3. The van der Waals surface area contributed by atoms with E-state index in [1.807, 2.05) is 13.0 Å². The third kappa shape index (κ3) is 5.61. The molecule has 3 aliphatic carbocycles. The van der Waals surface area contributed by atoms with Gasteiger partial charge < -0.3 is 18.9 Å². The van der Waals surface area contributed by atoms with Gasteiger partial charge in [0.15, 0.2) is 0 Å². The van der Waals surface area contributed by atoms with E-state index < -0.39 is 18.0 Å². The zero-order chi connectivity index (χ0) is 30.3. The van der Waals surface area contributed by atoms with Gasteiger partial charge in [0.2, 0.25) is 0 Å². The molecule has 1 aromatic rings. The standard InChI is InChI=1S/C34H44O8/c1-18-7-12-30(41-22(5)37)32-23(18)8-9-24-25(32)13-14-34(6)28(24)10-11-29(34)27(17-40-21(4)36)31-15-19(2)26(33(38)42-31)16-39-20(3)35/h7,12,24-25,27-29,31H,8-11,13-17H2,1-6H3/t24-,25+,27+,28+,29-,31-,34+/m1/s1. The minimum atomic E-state index is -0.460. The lowest BCUT2D eigenvalue weighted by Crippen LogP contribution is -2.48. The van der Waals surface area contributed by atoms with Crippen molar-refractivity contribution >= 4 is 23.9 Å². The Bertz CT molecular complexity index is 1310. The number of rotatable bonds is 7. The zero-order valence-corrected chi connectivity index (χ0v) is 25.7. The largest absolute Gasteiger partial charge is 0.465 e. The fourth-order valence-electron chi connectivity index (χ4n) is 8.98. The summed E-state index contributed by atoms with van der Waals surface area (Å²) in [7, 11) is 0. The lowest BCUT2D eigenvalue weighted by atomic mass is 9.52. The highest BCUT2D eigenvalue weighted by Crippen LogP contribution is 2.65. The van der Waals surface area contributed by atoms with Gasteiger partial charge in [-0.15, -0.1) is 0 Å². The number of carbonyl (C=O) groups excluding carboxylic acids is 4. The zero-order valence-electron chi connectivity index (χ0n) is 25.7. The van der Waals surface area contributed by atoms with Crippen LogP contribution in [0.1, 0.15) is 95.8 Å². The first-order valence-corrected chi connectivity index (χ1v) is 15.4. The molecule has 0 saturated heterocycles. The SMILES string of the molecule is CC(=O)OCC1=C(C)C[C@H]([C@@H](COC(C)=O)[C@H]2CC[C@H]3[C@@H]4CCc5c(C)ccc(OC(C)=O)c5[C@H]4CC[C@]23C)OC1=O. The Labute approximate surface area is 248 Å². The molecule has 7 atom stereocenters. The molecule has 2 saturated carbocycles. The van der Waals surface area contributed by atoms with Crippen LogP contribution >= 0.6 is 0 Å².